The van der Waals surface area contributed by atoms with Gasteiger partial charge in [0.1, 0.15) is 5.60 Å². The fourth-order valence-electron chi connectivity index (χ4n) is 2.86. The molecule has 0 aromatic heterocycles. The molecule has 0 aromatic rings. The summed E-state index contributed by atoms with van der Waals surface area (Å²) in [4.78, 5) is 13.7. The Morgan fingerprint density at radius 2 is 2.05 bits per heavy atom. The van der Waals surface area contributed by atoms with Crippen molar-refractivity contribution in [2.24, 2.45) is 11.8 Å². The second kappa shape index (κ2) is 5.70. The molecule has 1 saturated carbocycles. The van der Waals surface area contributed by atoms with Crippen LogP contribution in [-0.2, 0) is 4.74 Å². The van der Waals surface area contributed by atoms with Crippen LogP contribution in [0.4, 0.5) is 4.79 Å². The zero-order chi connectivity index (χ0) is 14.0. The van der Waals surface area contributed by atoms with Gasteiger partial charge in [0.25, 0.3) is 0 Å². The summed E-state index contributed by atoms with van der Waals surface area (Å²) >= 11 is 0. The topological polar surface area (TPSA) is 49.8 Å². The van der Waals surface area contributed by atoms with Crippen LogP contribution in [0.25, 0.3) is 0 Å². The minimum atomic E-state index is -0.445. The molecule has 1 N–H and O–H groups in total. The number of hydrogen-bond acceptors (Lipinski definition) is 3. The molecule has 0 radical (unpaired) electrons. The third-order valence-corrected chi connectivity index (χ3v) is 4.22. The highest BCUT2D eigenvalue weighted by Crippen LogP contribution is 2.33. The van der Waals surface area contributed by atoms with Gasteiger partial charge in [0.05, 0.1) is 6.10 Å². The molecule has 0 bridgehead atoms. The van der Waals surface area contributed by atoms with E-state index in [1.165, 1.54) is 19.3 Å². The van der Waals surface area contributed by atoms with Crippen molar-refractivity contribution in [3.05, 3.63) is 0 Å². The number of aliphatic hydroxyl groups excluding tert-OH is 1. The molecule has 0 spiro atoms. The smallest absolute Gasteiger partial charge is 0.410 e. The Balaban J connectivity index is 1.77. The third-order valence-electron chi connectivity index (χ3n) is 4.22. The molecule has 1 amide bonds. The number of ether oxygens (including phenoxy) is 1. The van der Waals surface area contributed by atoms with Gasteiger partial charge in [-0.2, -0.15) is 0 Å². The molecule has 1 heterocycles. The van der Waals surface area contributed by atoms with Crippen LogP contribution in [0, 0.1) is 11.8 Å². The van der Waals surface area contributed by atoms with Crippen LogP contribution >= 0.6 is 0 Å². The van der Waals surface area contributed by atoms with Gasteiger partial charge in [0, 0.05) is 19.0 Å². The fourth-order valence-corrected chi connectivity index (χ4v) is 2.86. The lowest BCUT2D eigenvalue weighted by molar-refractivity contribution is 0.0252. The molecule has 0 aromatic carbocycles. The van der Waals surface area contributed by atoms with Gasteiger partial charge in [0.15, 0.2) is 0 Å². The first kappa shape index (κ1) is 14.6. The molecule has 4 nitrogen and oxygen atoms in total. The monoisotopic (exact) mass is 269 g/mol. The molecule has 1 aliphatic heterocycles. The average Bonchev–Trinajstić information content (AvgIpc) is 2.69. The number of rotatable bonds is 3. The molecule has 1 saturated heterocycles. The zero-order valence-corrected chi connectivity index (χ0v) is 12.4. The molecular formula is C15H27NO3. The number of likely N-dealkylation sites (tertiary alicyclic amines) is 1. The number of carbonyl (C=O) groups excluding carboxylic acids is 1. The van der Waals surface area contributed by atoms with Crippen LogP contribution in [0.2, 0.25) is 0 Å². The van der Waals surface area contributed by atoms with Gasteiger partial charge in [-0.25, -0.2) is 4.79 Å². The van der Waals surface area contributed by atoms with Crippen molar-refractivity contribution < 1.29 is 14.6 Å². The van der Waals surface area contributed by atoms with E-state index in [0.717, 1.165) is 12.8 Å². The van der Waals surface area contributed by atoms with Gasteiger partial charge >= 0.3 is 6.09 Å². The zero-order valence-electron chi connectivity index (χ0n) is 12.4. The lowest BCUT2D eigenvalue weighted by Gasteiger charge is -2.30. The van der Waals surface area contributed by atoms with Crippen LogP contribution in [0.1, 0.15) is 52.9 Å². The molecule has 2 atom stereocenters. The normalized spacial score (nSPS) is 26.1. The second-order valence-corrected chi connectivity index (χ2v) is 7.08. The van der Waals surface area contributed by atoms with E-state index in [1.54, 1.807) is 4.90 Å². The Morgan fingerprint density at radius 1 is 1.37 bits per heavy atom. The van der Waals surface area contributed by atoms with Crippen molar-refractivity contribution in [2.45, 2.75) is 64.6 Å². The van der Waals surface area contributed by atoms with Crippen molar-refractivity contribution in [2.75, 3.05) is 13.1 Å². The average molecular weight is 269 g/mol. The number of hydrogen-bond donors (Lipinski definition) is 1. The highest BCUT2D eigenvalue weighted by molar-refractivity contribution is 5.68. The van der Waals surface area contributed by atoms with Gasteiger partial charge in [-0.3, -0.25) is 0 Å². The number of nitrogens with zero attached hydrogens (tertiary/aromatic N) is 1. The molecule has 4 heteroatoms. The first-order valence-corrected chi connectivity index (χ1v) is 7.51. The third kappa shape index (κ3) is 4.10. The molecule has 2 unspecified atom stereocenters. The van der Waals surface area contributed by atoms with Crippen molar-refractivity contribution >= 4 is 6.09 Å². The summed E-state index contributed by atoms with van der Waals surface area (Å²) in [6.45, 7) is 6.99. The van der Waals surface area contributed by atoms with Gasteiger partial charge in [-0.15, -0.1) is 0 Å². The van der Waals surface area contributed by atoms with E-state index in [4.69, 9.17) is 4.74 Å². The Hall–Kier alpha value is -0.770. The van der Waals surface area contributed by atoms with Crippen LogP contribution in [0.3, 0.4) is 0 Å². The number of amides is 1. The fraction of sp³-hybridized carbons (Fsp3) is 0.933. The Labute approximate surface area is 116 Å². The largest absolute Gasteiger partial charge is 0.444 e. The van der Waals surface area contributed by atoms with Crippen molar-refractivity contribution in [1.82, 2.24) is 4.90 Å². The van der Waals surface area contributed by atoms with E-state index in [9.17, 15) is 9.90 Å². The van der Waals surface area contributed by atoms with Crippen LogP contribution in [0.15, 0.2) is 0 Å². The highest BCUT2D eigenvalue weighted by atomic mass is 16.6. The maximum absolute atomic E-state index is 11.9. The summed E-state index contributed by atoms with van der Waals surface area (Å²) in [7, 11) is 0. The van der Waals surface area contributed by atoms with Crippen molar-refractivity contribution in [3.8, 4) is 0 Å². The quantitative estimate of drug-likeness (QED) is 0.857. The van der Waals surface area contributed by atoms with Crippen molar-refractivity contribution in [1.29, 1.82) is 0 Å². The van der Waals surface area contributed by atoms with E-state index in [1.807, 2.05) is 20.8 Å². The summed E-state index contributed by atoms with van der Waals surface area (Å²) in [6, 6.07) is 0. The Bertz CT molecular complexity index is 320. The molecule has 19 heavy (non-hydrogen) atoms. The second-order valence-electron chi connectivity index (χ2n) is 7.08. The van der Waals surface area contributed by atoms with Gasteiger partial charge < -0.3 is 14.7 Å². The van der Waals surface area contributed by atoms with E-state index < -0.39 is 5.60 Å². The van der Waals surface area contributed by atoms with Crippen molar-refractivity contribution in [3.63, 3.8) is 0 Å². The first-order valence-electron chi connectivity index (χ1n) is 7.51. The highest BCUT2D eigenvalue weighted by Gasteiger charge is 2.34. The standard InChI is InChI=1S/C15H27NO3/c1-15(2,3)19-14(18)16-8-7-12(10-16)13(17)9-11-5-4-6-11/h11-13,17H,4-10H2,1-3H3. The van der Waals surface area contributed by atoms with Crippen LogP contribution in [0.5, 0.6) is 0 Å². The summed E-state index contributed by atoms with van der Waals surface area (Å²) in [5, 5.41) is 10.2. The number of carbonyl (C=O) groups is 1. The van der Waals surface area contributed by atoms with Gasteiger partial charge in [-0.1, -0.05) is 19.3 Å². The van der Waals surface area contributed by atoms with E-state index in [-0.39, 0.29) is 18.1 Å². The maximum atomic E-state index is 11.9. The van der Waals surface area contributed by atoms with Crippen LogP contribution in [-0.4, -0.2) is 40.9 Å². The minimum Gasteiger partial charge on any atom is -0.444 e. The summed E-state index contributed by atoms with van der Waals surface area (Å²) < 4.78 is 5.37. The molecule has 110 valence electrons. The minimum absolute atomic E-state index is 0.230. The van der Waals surface area contributed by atoms with Gasteiger partial charge in [-0.05, 0) is 39.5 Å². The lowest BCUT2D eigenvalue weighted by Crippen LogP contribution is -2.36. The lowest BCUT2D eigenvalue weighted by atomic mass is 9.79. The predicted octanol–water partition coefficient (Wildman–Crippen LogP) is 2.79. The van der Waals surface area contributed by atoms with Crippen LogP contribution < -0.4 is 0 Å². The van der Waals surface area contributed by atoms with E-state index >= 15 is 0 Å². The number of aliphatic hydroxyl groups is 1. The Morgan fingerprint density at radius 3 is 2.58 bits per heavy atom. The summed E-state index contributed by atoms with van der Waals surface area (Å²) in [5.41, 5.74) is -0.445. The maximum Gasteiger partial charge on any atom is 0.410 e. The molecule has 2 rings (SSSR count). The van der Waals surface area contributed by atoms with E-state index in [0.29, 0.717) is 19.0 Å². The molecule has 2 aliphatic rings. The van der Waals surface area contributed by atoms with Gasteiger partial charge in [0.2, 0.25) is 0 Å². The predicted molar refractivity (Wildman–Crippen MR) is 73.9 cm³/mol. The SMILES string of the molecule is CC(C)(C)OC(=O)N1CCC(C(O)CC2CCC2)C1. The molecular weight excluding hydrogens is 242 g/mol. The van der Waals surface area contributed by atoms with E-state index in [2.05, 4.69) is 0 Å². The molecule has 2 fully saturated rings. The Kier molecular flexibility index (Phi) is 4.39. The molecule has 1 aliphatic carbocycles. The summed E-state index contributed by atoms with van der Waals surface area (Å²) in [5.74, 6) is 0.943. The summed E-state index contributed by atoms with van der Waals surface area (Å²) in [6.07, 6.45) is 5.15. The first-order chi connectivity index (χ1) is 8.85.